The number of hydrogen-bond acceptors (Lipinski definition) is 1. The van der Waals surface area contributed by atoms with E-state index in [-0.39, 0.29) is 0 Å². The van der Waals surface area contributed by atoms with Crippen molar-refractivity contribution in [3.05, 3.63) is 109 Å². The maximum absolute atomic E-state index is 6.42. The van der Waals surface area contributed by atoms with E-state index in [2.05, 4.69) is 109 Å². The maximum Gasteiger partial charge on any atom is 0.135 e. The quantitative estimate of drug-likeness (QED) is 0.280. The SMILES string of the molecule is c1ccc2c(c1)ccc1cc(Oc3cc4ccccc4c4ccccc34)ccc12. The molecule has 6 aromatic rings. The van der Waals surface area contributed by atoms with Gasteiger partial charge in [-0.25, -0.2) is 0 Å². The van der Waals surface area contributed by atoms with Crippen molar-refractivity contribution >= 4 is 43.1 Å². The van der Waals surface area contributed by atoms with Gasteiger partial charge in [-0.2, -0.15) is 0 Å². The molecular weight excluding hydrogens is 352 g/mol. The minimum atomic E-state index is 0.855. The summed E-state index contributed by atoms with van der Waals surface area (Å²) in [6, 6.07) is 38.3. The Hall–Kier alpha value is -3.84. The Morgan fingerprint density at radius 3 is 1.76 bits per heavy atom. The molecule has 6 aromatic carbocycles. The zero-order valence-corrected chi connectivity index (χ0v) is 15.8. The van der Waals surface area contributed by atoms with E-state index in [0.29, 0.717) is 0 Å². The van der Waals surface area contributed by atoms with Crippen molar-refractivity contribution in [3.8, 4) is 11.5 Å². The van der Waals surface area contributed by atoms with E-state index in [1.54, 1.807) is 0 Å². The first-order valence-electron chi connectivity index (χ1n) is 9.87. The van der Waals surface area contributed by atoms with Gasteiger partial charge in [0, 0.05) is 5.39 Å². The first kappa shape index (κ1) is 16.1. The van der Waals surface area contributed by atoms with Crippen molar-refractivity contribution < 1.29 is 4.74 Å². The predicted octanol–water partition coefficient (Wildman–Crippen LogP) is 8.09. The molecule has 0 aliphatic heterocycles. The number of hydrogen-bond donors (Lipinski definition) is 0. The monoisotopic (exact) mass is 370 g/mol. The first-order chi connectivity index (χ1) is 14.4. The minimum Gasteiger partial charge on any atom is -0.457 e. The van der Waals surface area contributed by atoms with Gasteiger partial charge in [-0.3, -0.25) is 0 Å². The van der Waals surface area contributed by atoms with Crippen LogP contribution in [0.5, 0.6) is 11.5 Å². The van der Waals surface area contributed by atoms with Crippen molar-refractivity contribution in [1.29, 1.82) is 0 Å². The molecule has 0 unspecified atom stereocenters. The van der Waals surface area contributed by atoms with Crippen LogP contribution in [0.25, 0.3) is 43.1 Å². The average Bonchev–Trinajstić information content (AvgIpc) is 2.79. The topological polar surface area (TPSA) is 9.23 Å². The van der Waals surface area contributed by atoms with Gasteiger partial charge in [0.2, 0.25) is 0 Å². The molecule has 0 aliphatic carbocycles. The lowest BCUT2D eigenvalue weighted by atomic mass is 10.0. The summed E-state index contributed by atoms with van der Waals surface area (Å²) in [6.45, 7) is 0. The highest BCUT2D eigenvalue weighted by atomic mass is 16.5. The molecule has 0 atom stereocenters. The third-order valence-electron chi connectivity index (χ3n) is 5.67. The Kier molecular flexibility index (Phi) is 3.54. The molecule has 0 saturated carbocycles. The standard InChI is InChI=1S/C28H18O/c1-3-9-23-19(7-1)13-14-21-17-22(15-16-25(21)23)29-28-18-20-8-2-4-10-24(20)26-11-5-6-12-27(26)28/h1-18H. The summed E-state index contributed by atoms with van der Waals surface area (Å²) in [5.74, 6) is 1.74. The molecule has 0 N–H and O–H groups in total. The lowest BCUT2D eigenvalue weighted by Gasteiger charge is -2.13. The van der Waals surface area contributed by atoms with E-state index in [1.165, 1.54) is 37.7 Å². The molecule has 0 bridgehead atoms. The fourth-order valence-corrected chi connectivity index (χ4v) is 4.29. The highest BCUT2D eigenvalue weighted by Gasteiger charge is 2.09. The summed E-state index contributed by atoms with van der Waals surface area (Å²) in [5.41, 5.74) is 0. The van der Waals surface area contributed by atoms with E-state index in [0.717, 1.165) is 16.9 Å². The minimum absolute atomic E-state index is 0.855. The van der Waals surface area contributed by atoms with E-state index in [9.17, 15) is 0 Å². The summed E-state index contributed by atoms with van der Waals surface area (Å²) in [7, 11) is 0. The van der Waals surface area contributed by atoms with Gasteiger partial charge in [0.1, 0.15) is 11.5 Å². The van der Waals surface area contributed by atoms with Gasteiger partial charge in [0.05, 0.1) is 0 Å². The number of benzene rings is 6. The largest absolute Gasteiger partial charge is 0.457 e. The Bertz CT molecular complexity index is 1530. The number of fused-ring (bicyclic) bond motifs is 6. The first-order valence-corrected chi connectivity index (χ1v) is 9.87. The van der Waals surface area contributed by atoms with Crippen LogP contribution in [0, 0.1) is 0 Å². The zero-order valence-electron chi connectivity index (χ0n) is 15.8. The van der Waals surface area contributed by atoms with Crippen molar-refractivity contribution in [2.24, 2.45) is 0 Å². The Morgan fingerprint density at radius 2 is 0.931 bits per heavy atom. The highest BCUT2D eigenvalue weighted by Crippen LogP contribution is 2.37. The predicted molar refractivity (Wildman–Crippen MR) is 123 cm³/mol. The normalized spacial score (nSPS) is 11.4. The summed E-state index contributed by atoms with van der Waals surface area (Å²) in [5, 5.41) is 9.75. The van der Waals surface area contributed by atoms with Crippen LogP contribution >= 0.6 is 0 Å². The second-order valence-electron chi connectivity index (χ2n) is 7.41. The molecule has 0 aliphatic rings. The second kappa shape index (κ2) is 6.35. The molecule has 0 spiro atoms. The smallest absolute Gasteiger partial charge is 0.135 e. The fraction of sp³-hybridized carbons (Fsp3) is 0. The maximum atomic E-state index is 6.42. The van der Waals surface area contributed by atoms with Gasteiger partial charge in [-0.05, 0) is 55.9 Å². The summed E-state index contributed by atoms with van der Waals surface area (Å²) in [6.07, 6.45) is 0. The molecular formula is C28H18O. The molecule has 6 rings (SSSR count). The molecule has 1 heteroatoms. The number of rotatable bonds is 2. The van der Waals surface area contributed by atoms with Crippen molar-refractivity contribution in [1.82, 2.24) is 0 Å². The van der Waals surface area contributed by atoms with E-state index >= 15 is 0 Å². The average molecular weight is 370 g/mol. The fourth-order valence-electron chi connectivity index (χ4n) is 4.29. The van der Waals surface area contributed by atoms with Gasteiger partial charge in [0.15, 0.2) is 0 Å². The number of ether oxygens (including phenoxy) is 1. The van der Waals surface area contributed by atoms with Gasteiger partial charge in [0.25, 0.3) is 0 Å². The van der Waals surface area contributed by atoms with Crippen molar-refractivity contribution in [2.75, 3.05) is 0 Å². The van der Waals surface area contributed by atoms with E-state index in [1.807, 2.05) is 0 Å². The summed E-state index contributed by atoms with van der Waals surface area (Å²) >= 11 is 0. The molecule has 0 radical (unpaired) electrons. The van der Waals surface area contributed by atoms with Crippen LogP contribution in [0.15, 0.2) is 109 Å². The van der Waals surface area contributed by atoms with E-state index < -0.39 is 0 Å². The van der Waals surface area contributed by atoms with Crippen LogP contribution in [-0.2, 0) is 0 Å². The Balaban J connectivity index is 1.52. The van der Waals surface area contributed by atoms with Crippen molar-refractivity contribution in [2.45, 2.75) is 0 Å². The zero-order chi connectivity index (χ0) is 19.2. The third-order valence-corrected chi connectivity index (χ3v) is 5.67. The van der Waals surface area contributed by atoms with E-state index in [4.69, 9.17) is 4.74 Å². The second-order valence-corrected chi connectivity index (χ2v) is 7.41. The molecule has 0 saturated heterocycles. The van der Waals surface area contributed by atoms with Crippen LogP contribution in [0.2, 0.25) is 0 Å². The lowest BCUT2D eigenvalue weighted by Crippen LogP contribution is -1.88. The van der Waals surface area contributed by atoms with Crippen LogP contribution in [0.3, 0.4) is 0 Å². The highest BCUT2D eigenvalue weighted by molar-refractivity contribution is 6.10. The summed E-state index contributed by atoms with van der Waals surface area (Å²) < 4.78 is 6.42. The Morgan fingerprint density at radius 1 is 0.379 bits per heavy atom. The van der Waals surface area contributed by atoms with Crippen LogP contribution < -0.4 is 4.74 Å². The van der Waals surface area contributed by atoms with Crippen LogP contribution in [-0.4, -0.2) is 0 Å². The van der Waals surface area contributed by atoms with Crippen LogP contribution in [0.1, 0.15) is 0 Å². The van der Waals surface area contributed by atoms with Gasteiger partial charge in [-0.1, -0.05) is 91.0 Å². The third kappa shape index (κ3) is 2.63. The molecule has 0 aromatic heterocycles. The van der Waals surface area contributed by atoms with Gasteiger partial charge in [-0.15, -0.1) is 0 Å². The summed E-state index contributed by atoms with van der Waals surface area (Å²) in [4.78, 5) is 0. The molecule has 0 amide bonds. The molecule has 1 nitrogen and oxygen atoms in total. The molecule has 0 heterocycles. The Labute approximate surface area is 168 Å². The van der Waals surface area contributed by atoms with Gasteiger partial charge < -0.3 is 4.74 Å². The lowest BCUT2D eigenvalue weighted by molar-refractivity contribution is 0.490. The molecule has 0 fully saturated rings. The van der Waals surface area contributed by atoms with Crippen LogP contribution in [0.4, 0.5) is 0 Å². The molecule has 29 heavy (non-hydrogen) atoms. The molecule has 136 valence electrons. The van der Waals surface area contributed by atoms with Gasteiger partial charge >= 0.3 is 0 Å². The van der Waals surface area contributed by atoms with Crippen molar-refractivity contribution in [3.63, 3.8) is 0 Å².